The van der Waals surface area contributed by atoms with Crippen LogP contribution in [0.2, 0.25) is 5.02 Å². The Morgan fingerprint density at radius 2 is 1.86 bits per heavy atom. The molecular weight excluding hydrogens is 386 g/mol. The number of hydrogen-bond acceptors (Lipinski definition) is 3. The van der Waals surface area contributed by atoms with E-state index < -0.39 is 11.6 Å². The van der Waals surface area contributed by atoms with Gasteiger partial charge in [-0.25, -0.2) is 8.78 Å². The highest BCUT2D eigenvalue weighted by atomic mass is 35.5. The van der Waals surface area contributed by atoms with Crippen molar-refractivity contribution in [3.8, 4) is 11.5 Å². The molecule has 0 N–H and O–H groups in total. The van der Waals surface area contributed by atoms with Gasteiger partial charge in [-0.3, -0.25) is 4.79 Å². The average Bonchev–Trinajstić information content (AvgIpc) is 2.96. The third-order valence-corrected chi connectivity index (χ3v) is 4.59. The van der Waals surface area contributed by atoms with Crippen LogP contribution in [0.15, 0.2) is 66.4 Å². The standard InChI is InChI=1S/C22H13ClF2O3/c23-18-5-2-6-19(25)17(18)12-27-15-7-8-16-20(11-15)28-21(22(16)26)10-13-3-1-4-14(24)9-13/h1-11H,12H2. The van der Waals surface area contributed by atoms with Gasteiger partial charge in [0, 0.05) is 11.6 Å². The topological polar surface area (TPSA) is 35.5 Å². The van der Waals surface area contributed by atoms with Crippen LogP contribution < -0.4 is 9.47 Å². The summed E-state index contributed by atoms with van der Waals surface area (Å²) in [6, 6.07) is 15.0. The number of rotatable bonds is 4. The van der Waals surface area contributed by atoms with Crippen molar-refractivity contribution < 1.29 is 23.0 Å². The minimum Gasteiger partial charge on any atom is -0.489 e. The number of benzene rings is 3. The first-order valence-corrected chi connectivity index (χ1v) is 8.78. The number of Topliss-reactive ketones (excluding diaryl/α,β-unsaturated/α-hetero) is 1. The second-order valence-electron chi connectivity index (χ2n) is 6.14. The molecule has 28 heavy (non-hydrogen) atoms. The maximum absolute atomic E-state index is 13.8. The Balaban J connectivity index is 1.54. The van der Waals surface area contributed by atoms with E-state index in [1.165, 1.54) is 30.3 Å². The molecule has 4 rings (SSSR count). The fourth-order valence-corrected chi connectivity index (χ4v) is 3.05. The lowest BCUT2D eigenvalue weighted by atomic mass is 10.1. The molecule has 0 radical (unpaired) electrons. The highest BCUT2D eigenvalue weighted by molar-refractivity contribution is 6.31. The monoisotopic (exact) mass is 398 g/mol. The first-order valence-electron chi connectivity index (χ1n) is 8.41. The third kappa shape index (κ3) is 3.62. The molecule has 0 saturated heterocycles. The summed E-state index contributed by atoms with van der Waals surface area (Å²) >= 11 is 5.99. The van der Waals surface area contributed by atoms with Crippen LogP contribution >= 0.6 is 11.6 Å². The van der Waals surface area contributed by atoms with E-state index >= 15 is 0 Å². The molecule has 0 aliphatic carbocycles. The van der Waals surface area contributed by atoms with E-state index in [2.05, 4.69) is 0 Å². The zero-order valence-corrected chi connectivity index (χ0v) is 15.2. The zero-order valence-electron chi connectivity index (χ0n) is 14.4. The molecule has 3 aromatic carbocycles. The maximum Gasteiger partial charge on any atom is 0.231 e. The molecule has 0 amide bonds. The number of halogens is 3. The van der Waals surface area contributed by atoms with Crippen molar-refractivity contribution in [1.29, 1.82) is 0 Å². The third-order valence-electron chi connectivity index (χ3n) is 4.23. The lowest BCUT2D eigenvalue weighted by molar-refractivity contribution is 0.101. The normalized spacial score (nSPS) is 14.1. The van der Waals surface area contributed by atoms with Crippen LogP contribution in [-0.4, -0.2) is 5.78 Å². The molecule has 3 aromatic rings. The summed E-state index contributed by atoms with van der Waals surface area (Å²) in [6.45, 7) is -0.0652. The summed E-state index contributed by atoms with van der Waals surface area (Å²) in [5.74, 6) is -0.347. The quantitative estimate of drug-likeness (QED) is 0.520. The van der Waals surface area contributed by atoms with E-state index in [0.717, 1.165) is 0 Å². The van der Waals surface area contributed by atoms with Gasteiger partial charge >= 0.3 is 0 Å². The fourth-order valence-electron chi connectivity index (χ4n) is 2.83. The summed E-state index contributed by atoms with van der Waals surface area (Å²) in [4.78, 5) is 12.5. The van der Waals surface area contributed by atoms with Gasteiger partial charge in [0.15, 0.2) is 5.76 Å². The largest absolute Gasteiger partial charge is 0.489 e. The highest BCUT2D eigenvalue weighted by Gasteiger charge is 2.27. The molecule has 0 fully saturated rings. The predicted molar refractivity (Wildman–Crippen MR) is 102 cm³/mol. The molecule has 0 saturated carbocycles. The summed E-state index contributed by atoms with van der Waals surface area (Å²) in [5.41, 5.74) is 1.13. The number of ether oxygens (including phenoxy) is 2. The smallest absolute Gasteiger partial charge is 0.231 e. The van der Waals surface area contributed by atoms with Crippen molar-refractivity contribution in [2.75, 3.05) is 0 Å². The lowest BCUT2D eigenvalue weighted by Crippen LogP contribution is -1.99. The molecule has 0 bridgehead atoms. The van der Waals surface area contributed by atoms with Gasteiger partial charge in [0.1, 0.15) is 29.7 Å². The minimum atomic E-state index is -0.458. The summed E-state index contributed by atoms with van der Waals surface area (Å²) in [5, 5.41) is 0.271. The Morgan fingerprint density at radius 1 is 1.04 bits per heavy atom. The van der Waals surface area contributed by atoms with Crippen molar-refractivity contribution in [2.24, 2.45) is 0 Å². The fraction of sp³-hybridized carbons (Fsp3) is 0.0455. The number of hydrogen-bond donors (Lipinski definition) is 0. The van der Waals surface area contributed by atoms with Crippen molar-refractivity contribution in [3.05, 3.63) is 99.8 Å². The molecule has 0 unspecified atom stereocenters. The van der Waals surface area contributed by atoms with Gasteiger partial charge in [-0.1, -0.05) is 29.8 Å². The Morgan fingerprint density at radius 3 is 2.64 bits per heavy atom. The molecule has 0 spiro atoms. The van der Waals surface area contributed by atoms with Gasteiger partial charge < -0.3 is 9.47 Å². The SMILES string of the molecule is O=C1C(=Cc2cccc(F)c2)Oc2cc(OCc3c(F)cccc3Cl)ccc21. The summed E-state index contributed by atoms with van der Waals surface area (Å²) < 4.78 is 38.4. The van der Waals surface area contributed by atoms with E-state index in [9.17, 15) is 13.6 Å². The molecule has 1 aliphatic rings. The van der Waals surface area contributed by atoms with Crippen LogP contribution in [0.4, 0.5) is 8.78 Å². The number of carbonyl (C=O) groups is 1. The van der Waals surface area contributed by atoms with Gasteiger partial charge in [-0.2, -0.15) is 0 Å². The first kappa shape index (κ1) is 18.2. The van der Waals surface area contributed by atoms with E-state index in [0.29, 0.717) is 22.6 Å². The molecule has 1 heterocycles. The van der Waals surface area contributed by atoms with Crippen molar-refractivity contribution in [3.63, 3.8) is 0 Å². The van der Waals surface area contributed by atoms with Gasteiger partial charge in [-0.15, -0.1) is 0 Å². The first-order chi connectivity index (χ1) is 13.5. The second kappa shape index (κ2) is 7.44. The van der Waals surface area contributed by atoms with Gasteiger partial charge in [0.25, 0.3) is 0 Å². The van der Waals surface area contributed by atoms with Crippen molar-refractivity contribution >= 4 is 23.5 Å². The molecule has 0 atom stereocenters. The van der Waals surface area contributed by atoms with Crippen LogP contribution in [0.1, 0.15) is 21.5 Å². The Bertz CT molecular complexity index is 1090. The summed E-state index contributed by atoms with van der Waals surface area (Å²) in [7, 11) is 0. The van der Waals surface area contributed by atoms with E-state index in [1.807, 2.05) is 0 Å². The number of fused-ring (bicyclic) bond motifs is 1. The zero-order chi connectivity index (χ0) is 19.7. The number of allylic oxidation sites excluding steroid dienone is 1. The van der Waals surface area contributed by atoms with Gasteiger partial charge in [0.05, 0.1) is 10.6 Å². The Labute approximate surface area is 164 Å². The Kier molecular flexibility index (Phi) is 4.84. The Hall–Kier alpha value is -3.18. The van der Waals surface area contributed by atoms with Gasteiger partial charge in [0.2, 0.25) is 5.78 Å². The van der Waals surface area contributed by atoms with Gasteiger partial charge in [-0.05, 0) is 48.0 Å². The number of ketones is 1. The average molecular weight is 399 g/mol. The predicted octanol–water partition coefficient (Wildman–Crippen LogP) is 5.81. The van der Waals surface area contributed by atoms with Crippen molar-refractivity contribution in [1.82, 2.24) is 0 Å². The molecule has 3 nitrogen and oxygen atoms in total. The van der Waals surface area contributed by atoms with Crippen LogP contribution in [0.5, 0.6) is 11.5 Å². The number of carbonyl (C=O) groups excluding carboxylic acids is 1. The van der Waals surface area contributed by atoms with E-state index in [-0.39, 0.29) is 28.7 Å². The van der Waals surface area contributed by atoms with E-state index in [1.54, 1.807) is 36.4 Å². The molecule has 6 heteroatoms. The van der Waals surface area contributed by atoms with Crippen molar-refractivity contribution in [2.45, 2.75) is 6.61 Å². The van der Waals surface area contributed by atoms with E-state index in [4.69, 9.17) is 21.1 Å². The minimum absolute atomic E-state index is 0.0652. The van der Waals surface area contributed by atoms with Crippen LogP contribution in [0, 0.1) is 11.6 Å². The molecule has 140 valence electrons. The molecular formula is C22H13ClF2O3. The molecule has 0 aromatic heterocycles. The van der Waals surface area contributed by atoms with Crippen LogP contribution in [0.3, 0.4) is 0 Å². The second-order valence-corrected chi connectivity index (χ2v) is 6.55. The molecule has 1 aliphatic heterocycles. The maximum atomic E-state index is 13.8. The highest BCUT2D eigenvalue weighted by Crippen LogP contribution is 2.35. The lowest BCUT2D eigenvalue weighted by Gasteiger charge is -2.09. The van der Waals surface area contributed by atoms with Crippen LogP contribution in [-0.2, 0) is 6.61 Å². The van der Waals surface area contributed by atoms with Crippen LogP contribution in [0.25, 0.3) is 6.08 Å². The summed E-state index contributed by atoms with van der Waals surface area (Å²) in [6.07, 6.45) is 1.48.